The van der Waals surface area contributed by atoms with Crippen LogP contribution in [0, 0.1) is 5.82 Å². The van der Waals surface area contributed by atoms with Crippen molar-refractivity contribution in [2.24, 2.45) is 0 Å². The van der Waals surface area contributed by atoms with Gasteiger partial charge in [0.25, 0.3) is 0 Å². The van der Waals surface area contributed by atoms with Crippen molar-refractivity contribution in [2.75, 3.05) is 0 Å². The van der Waals surface area contributed by atoms with Crippen LogP contribution in [0.15, 0.2) is 24.3 Å². The van der Waals surface area contributed by atoms with Crippen LogP contribution in [0.25, 0.3) is 0 Å². The Morgan fingerprint density at radius 2 is 1.73 bits per heavy atom. The van der Waals surface area contributed by atoms with Crippen molar-refractivity contribution in [2.45, 2.75) is 19.8 Å². The van der Waals surface area contributed by atoms with Gasteiger partial charge in [-0.25, -0.2) is 4.39 Å². The van der Waals surface area contributed by atoms with Gasteiger partial charge < -0.3 is 12.4 Å². The zero-order valence-electron chi connectivity index (χ0n) is 6.48. The Morgan fingerprint density at radius 3 is 2.18 bits per heavy atom. The minimum absolute atomic E-state index is 0. The maximum Gasteiger partial charge on any atom is 0.123 e. The van der Waals surface area contributed by atoms with Crippen molar-refractivity contribution in [3.63, 3.8) is 0 Å². The number of rotatable bonds is 2. The third kappa shape index (κ3) is 3.38. The SMILES string of the molecule is CCCc1ccc(F)cc1.[Cl-]. The molecular weight excluding hydrogens is 163 g/mol. The van der Waals surface area contributed by atoms with E-state index in [4.69, 9.17) is 0 Å². The van der Waals surface area contributed by atoms with Crippen LogP contribution in [-0.4, -0.2) is 0 Å². The topological polar surface area (TPSA) is 0 Å². The van der Waals surface area contributed by atoms with E-state index in [0.29, 0.717) is 0 Å². The van der Waals surface area contributed by atoms with E-state index in [9.17, 15) is 4.39 Å². The molecule has 0 bridgehead atoms. The van der Waals surface area contributed by atoms with Crippen LogP contribution in [0.1, 0.15) is 18.9 Å². The molecule has 0 N–H and O–H groups in total. The Balaban J connectivity index is 0.000001000. The molecule has 1 rings (SSSR count). The molecule has 2 heteroatoms. The van der Waals surface area contributed by atoms with E-state index in [0.717, 1.165) is 12.8 Å². The largest absolute Gasteiger partial charge is 1.00 e. The molecule has 1 aromatic carbocycles. The fraction of sp³-hybridized carbons (Fsp3) is 0.333. The highest BCUT2D eigenvalue weighted by molar-refractivity contribution is 5.15. The summed E-state index contributed by atoms with van der Waals surface area (Å²) in [5, 5.41) is 0. The predicted octanol–water partition coefficient (Wildman–Crippen LogP) is -0.218. The summed E-state index contributed by atoms with van der Waals surface area (Å²) in [6, 6.07) is 6.67. The molecule has 0 radical (unpaired) electrons. The second-order valence-electron chi connectivity index (χ2n) is 2.38. The molecule has 0 heterocycles. The van der Waals surface area contributed by atoms with Crippen molar-refractivity contribution in [1.29, 1.82) is 0 Å². The van der Waals surface area contributed by atoms with Gasteiger partial charge in [0.05, 0.1) is 0 Å². The third-order valence-electron chi connectivity index (χ3n) is 1.45. The standard InChI is InChI=1S/C9H11F.ClH/c1-2-3-8-4-6-9(10)7-5-8;/h4-7H,2-3H2,1H3;1H/p-1. The number of halogens is 2. The number of hydrogen-bond acceptors (Lipinski definition) is 0. The molecule has 11 heavy (non-hydrogen) atoms. The van der Waals surface area contributed by atoms with Crippen LogP contribution in [0.5, 0.6) is 0 Å². The molecule has 1 aromatic rings. The number of benzene rings is 1. The summed E-state index contributed by atoms with van der Waals surface area (Å²) in [6.07, 6.45) is 2.16. The van der Waals surface area contributed by atoms with E-state index < -0.39 is 0 Å². The van der Waals surface area contributed by atoms with Gasteiger partial charge in [0.2, 0.25) is 0 Å². The summed E-state index contributed by atoms with van der Waals surface area (Å²) in [6.45, 7) is 2.11. The third-order valence-corrected chi connectivity index (χ3v) is 1.45. The van der Waals surface area contributed by atoms with Crippen molar-refractivity contribution >= 4 is 0 Å². The van der Waals surface area contributed by atoms with Gasteiger partial charge in [-0.15, -0.1) is 0 Å². The van der Waals surface area contributed by atoms with Crippen molar-refractivity contribution < 1.29 is 16.8 Å². The molecule has 0 aliphatic carbocycles. The molecule has 0 amide bonds. The van der Waals surface area contributed by atoms with E-state index >= 15 is 0 Å². The molecule has 0 spiro atoms. The van der Waals surface area contributed by atoms with Crippen molar-refractivity contribution in [3.05, 3.63) is 35.6 Å². The molecule has 0 saturated heterocycles. The first-order valence-electron chi connectivity index (χ1n) is 3.57. The van der Waals surface area contributed by atoms with Crippen molar-refractivity contribution in [3.8, 4) is 0 Å². The van der Waals surface area contributed by atoms with E-state index in [1.54, 1.807) is 0 Å². The second-order valence-corrected chi connectivity index (χ2v) is 2.38. The number of hydrogen-bond donors (Lipinski definition) is 0. The van der Waals surface area contributed by atoms with Gasteiger partial charge in [0, 0.05) is 0 Å². The van der Waals surface area contributed by atoms with Gasteiger partial charge >= 0.3 is 0 Å². The minimum Gasteiger partial charge on any atom is -1.00 e. The highest BCUT2D eigenvalue weighted by atomic mass is 35.5. The molecule has 0 saturated carbocycles. The van der Waals surface area contributed by atoms with Gasteiger partial charge in [-0.2, -0.15) is 0 Å². The summed E-state index contributed by atoms with van der Waals surface area (Å²) in [4.78, 5) is 0. The summed E-state index contributed by atoms with van der Waals surface area (Å²) >= 11 is 0. The first-order valence-corrected chi connectivity index (χ1v) is 3.57. The second kappa shape index (κ2) is 5.14. The van der Waals surface area contributed by atoms with Crippen LogP contribution < -0.4 is 12.4 Å². The Bertz CT molecular complexity index is 193. The van der Waals surface area contributed by atoms with Crippen LogP contribution in [0.3, 0.4) is 0 Å². The molecule has 0 unspecified atom stereocenters. The van der Waals surface area contributed by atoms with E-state index in [2.05, 4.69) is 6.92 Å². The lowest BCUT2D eigenvalue weighted by Gasteiger charge is -1.95. The highest BCUT2D eigenvalue weighted by Crippen LogP contribution is 2.04. The quantitative estimate of drug-likeness (QED) is 0.581. The van der Waals surface area contributed by atoms with E-state index in [-0.39, 0.29) is 18.2 Å². The molecular formula is C9H11ClF-. The lowest BCUT2D eigenvalue weighted by molar-refractivity contribution is -0.00000275. The van der Waals surface area contributed by atoms with Gasteiger partial charge in [-0.1, -0.05) is 25.5 Å². The maximum absolute atomic E-state index is 12.3. The monoisotopic (exact) mass is 173 g/mol. The zero-order valence-corrected chi connectivity index (χ0v) is 7.24. The molecule has 0 aliphatic rings. The fourth-order valence-corrected chi connectivity index (χ4v) is 0.940. The maximum atomic E-state index is 12.3. The van der Waals surface area contributed by atoms with Gasteiger partial charge in [0.1, 0.15) is 5.82 Å². The average molecular weight is 174 g/mol. The lowest BCUT2D eigenvalue weighted by atomic mass is 10.1. The average Bonchev–Trinajstić information content (AvgIpc) is 1.95. The van der Waals surface area contributed by atoms with Gasteiger partial charge in [0.15, 0.2) is 0 Å². The summed E-state index contributed by atoms with van der Waals surface area (Å²) in [7, 11) is 0. The van der Waals surface area contributed by atoms with Crippen LogP contribution in [-0.2, 0) is 6.42 Å². The Morgan fingerprint density at radius 1 is 1.18 bits per heavy atom. The van der Waals surface area contributed by atoms with Gasteiger partial charge in [-0.3, -0.25) is 0 Å². The lowest BCUT2D eigenvalue weighted by Crippen LogP contribution is -3.00. The Hall–Kier alpha value is -0.560. The minimum atomic E-state index is -0.153. The van der Waals surface area contributed by atoms with Crippen LogP contribution in [0.4, 0.5) is 4.39 Å². The molecule has 0 atom stereocenters. The normalized spacial score (nSPS) is 8.91. The Kier molecular flexibility index (Phi) is 4.88. The molecule has 0 fully saturated rings. The van der Waals surface area contributed by atoms with Crippen molar-refractivity contribution in [1.82, 2.24) is 0 Å². The zero-order chi connectivity index (χ0) is 7.40. The first kappa shape index (κ1) is 10.4. The molecule has 0 aromatic heterocycles. The first-order chi connectivity index (χ1) is 4.83. The molecule has 0 nitrogen and oxygen atoms in total. The van der Waals surface area contributed by atoms with E-state index in [1.165, 1.54) is 17.7 Å². The number of aryl methyl sites for hydroxylation is 1. The smallest absolute Gasteiger partial charge is 0.123 e. The summed E-state index contributed by atoms with van der Waals surface area (Å²) in [5.74, 6) is -0.153. The molecule has 0 aliphatic heterocycles. The van der Waals surface area contributed by atoms with Gasteiger partial charge in [-0.05, 0) is 24.1 Å². The fourth-order valence-electron chi connectivity index (χ4n) is 0.940. The summed E-state index contributed by atoms with van der Waals surface area (Å²) < 4.78 is 12.3. The van der Waals surface area contributed by atoms with E-state index in [1.807, 2.05) is 12.1 Å². The predicted molar refractivity (Wildman–Crippen MR) is 40.4 cm³/mol. The summed E-state index contributed by atoms with van der Waals surface area (Å²) in [5.41, 5.74) is 1.21. The highest BCUT2D eigenvalue weighted by Gasteiger charge is 1.90. The Labute approximate surface area is 72.8 Å². The van der Waals surface area contributed by atoms with Crippen LogP contribution >= 0.6 is 0 Å². The molecule has 62 valence electrons. The van der Waals surface area contributed by atoms with Crippen LogP contribution in [0.2, 0.25) is 0 Å².